The zero-order valence-electron chi connectivity index (χ0n) is 31.1. The van der Waals surface area contributed by atoms with E-state index in [9.17, 15) is 0 Å². The Bertz CT molecular complexity index is 3540. The van der Waals surface area contributed by atoms with Crippen molar-refractivity contribution in [3.8, 4) is 39.9 Å². The molecule has 0 unspecified atom stereocenters. The third-order valence-electron chi connectivity index (χ3n) is 11.3. The number of hydrogen-bond acceptors (Lipinski definition) is 5. The van der Waals surface area contributed by atoms with Gasteiger partial charge in [0.1, 0.15) is 85.1 Å². The SMILES string of the molecule is [B]c1c([B])c([B])c2c(c1[B])c1c([B])c([B])c([B])c([B])c1n2-c1nc(-c2ccccc2)nc(-c2cccc3c2oc2cc(-c4cccc5c4oc4ccccc45)ccc23)n1. The molecule has 0 aliphatic carbocycles. The van der Waals surface area contributed by atoms with Crippen molar-refractivity contribution in [3.63, 3.8) is 0 Å². The van der Waals surface area contributed by atoms with Crippen LogP contribution in [0.2, 0.25) is 0 Å². The maximum atomic E-state index is 6.77. The van der Waals surface area contributed by atoms with E-state index in [1.165, 1.54) is 0 Å². The summed E-state index contributed by atoms with van der Waals surface area (Å²) in [6, 6.07) is 35.7. The highest BCUT2D eigenvalue weighted by Crippen LogP contribution is 2.40. The lowest BCUT2D eigenvalue weighted by Crippen LogP contribution is -2.49. The summed E-state index contributed by atoms with van der Waals surface area (Å²) >= 11 is 0. The molecule has 0 amide bonds. The Balaban J connectivity index is 1.18. The number of para-hydroxylation sites is 3. The van der Waals surface area contributed by atoms with Crippen molar-refractivity contribution in [2.24, 2.45) is 0 Å². The van der Waals surface area contributed by atoms with Gasteiger partial charge in [-0.05, 0) is 40.6 Å². The molecular weight excluding hydrogens is 715 g/mol. The molecule has 0 N–H and O–H groups in total. The number of fused-ring (bicyclic) bond motifs is 9. The smallest absolute Gasteiger partial charge is 0.238 e. The molecule has 4 aromatic heterocycles. The van der Waals surface area contributed by atoms with E-state index in [0.29, 0.717) is 55.7 Å². The minimum Gasteiger partial charge on any atom is -0.455 e. The molecule has 11 aromatic rings. The maximum absolute atomic E-state index is 6.77. The van der Waals surface area contributed by atoms with Crippen LogP contribution in [0.5, 0.6) is 0 Å². The Morgan fingerprint density at radius 3 is 1.59 bits per heavy atom. The quantitative estimate of drug-likeness (QED) is 0.260. The molecule has 0 fully saturated rings. The molecule has 0 bridgehead atoms. The number of benzene rings is 7. The molecule has 0 spiro atoms. The fraction of sp³-hybridized carbons (Fsp3) is 0. The first-order valence-corrected chi connectivity index (χ1v) is 18.6. The van der Waals surface area contributed by atoms with E-state index in [1.807, 2.05) is 78.9 Å². The third kappa shape index (κ3) is 5.08. The lowest BCUT2D eigenvalue weighted by atomic mass is 9.63. The van der Waals surface area contributed by atoms with Gasteiger partial charge in [-0.25, -0.2) is 4.98 Å². The van der Waals surface area contributed by atoms with Gasteiger partial charge in [-0.1, -0.05) is 107 Å². The van der Waals surface area contributed by atoms with Crippen LogP contribution in [0, 0.1) is 0 Å². The summed E-state index contributed by atoms with van der Waals surface area (Å²) in [4.78, 5) is 15.1. The number of furan rings is 2. The van der Waals surface area contributed by atoms with Crippen molar-refractivity contribution in [2.75, 3.05) is 0 Å². The van der Waals surface area contributed by atoms with Crippen molar-refractivity contribution in [1.82, 2.24) is 19.5 Å². The van der Waals surface area contributed by atoms with E-state index in [2.05, 4.69) is 30.3 Å². The molecule has 0 saturated heterocycles. The van der Waals surface area contributed by atoms with Crippen molar-refractivity contribution >= 4 is 172 Å². The minimum atomic E-state index is 0.0673. The van der Waals surface area contributed by atoms with Crippen molar-refractivity contribution < 1.29 is 8.83 Å². The van der Waals surface area contributed by atoms with Crippen LogP contribution in [0.25, 0.3) is 106 Å². The van der Waals surface area contributed by atoms with Crippen LogP contribution in [0.1, 0.15) is 0 Å². The van der Waals surface area contributed by atoms with Crippen LogP contribution < -0.4 is 43.7 Å². The van der Waals surface area contributed by atoms with Gasteiger partial charge in [0.25, 0.3) is 0 Å². The number of nitrogens with zero attached hydrogens (tertiary/aromatic N) is 4. The van der Waals surface area contributed by atoms with Crippen LogP contribution in [0.3, 0.4) is 0 Å². The van der Waals surface area contributed by atoms with Crippen molar-refractivity contribution in [3.05, 3.63) is 109 Å². The van der Waals surface area contributed by atoms with Gasteiger partial charge in [-0.3, -0.25) is 4.57 Å². The minimum absolute atomic E-state index is 0.0673. The molecular formula is C45H18B8N4O2. The van der Waals surface area contributed by atoms with Gasteiger partial charge in [0.15, 0.2) is 11.6 Å². The summed E-state index contributed by atoms with van der Waals surface area (Å²) in [6.07, 6.45) is 0. The number of rotatable bonds is 4. The molecule has 14 heteroatoms. The van der Waals surface area contributed by atoms with Gasteiger partial charge in [0.2, 0.25) is 5.95 Å². The lowest BCUT2D eigenvalue weighted by Gasteiger charge is -2.17. The first-order valence-electron chi connectivity index (χ1n) is 18.6. The maximum Gasteiger partial charge on any atom is 0.238 e. The molecule has 59 heavy (non-hydrogen) atoms. The van der Waals surface area contributed by atoms with Gasteiger partial charge in [-0.2, -0.15) is 9.97 Å². The molecule has 0 saturated carbocycles. The summed E-state index contributed by atoms with van der Waals surface area (Å²) in [7, 11) is 52.6. The molecule has 254 valence electrons. The van der Waals surface area contributed by atoms with Crippen LogP contribution in [0.4, 0.5) is 0 Å². The van der Waals surface area contributed by atoms with Gasteiger partial charge < -0.3 is 8.83 Å². The fourth-order valence-corrected chi connectivity index (χ4v) is 8.33. The Morgan fingerprint density at radius 1 is 0.390 bits per heavy atom. The largest absolute Gasteiger partial charge is 0.455 e. The van der Waals surface area contributed by atoms with E-state index < -0.39 is 0 Å². The van der Waals surface area contributed by atoms with Crippen LogP contribution in [-0.2, 0) is 0 Å². The molecule has 0 aliphatic rings. The van der Waals surface area contributed by atoms with Crippen molar-refractivity contribution in [2.45, 2.75) is 0 Å². The van der Waals surface area contributed by atoms with Gasteiger partial charge in [0, 0.05) is 43.7 Å². The molecule has 0 aliphatic heterocycles. The highest BCUT2D eigenvalue weighted by atomic mass is 16.3. The lowest BCUT2D eigenvalue weighted by molar-refractivity contribution is 0.668. The number of hydrogen-bond donors (Lipinski definition) is 0. The van der Waals surface area contributed by atoms with E-state index in [-0.39, 0.29) is 49.7 Å². The molecule has 11 rings (SSSR count). The molecule has 0 atom stereocenters. The highest BCUT2D eigenvalue weighted by Gasteiger charge is 2.26. The Kier molecular flexibility index (Phi) is 7.84. The summed E-state index contributed by atoms with van der Waals surface area (Å²) in [5, 5.41) is 4.62. The molecule has 6 nitrogen and oxygen atoms in total. The third-order valence-corrected chi connectivity index (χ3v) is 11.3. The van der Waals surface area contributed by atoms with Gasteiger partial charge >= 0.3 is 0 Å². The summed E-state index contributed by atoms with van der Waals surface area (Å²) in [5.41, 5.74) is 7.50. The highest BCUT2D eigenvalue weighted by molar-refractivity contribution is 6.71. The van der Waals surface area contributed by atoms with E-state index in [4.69, 9.17) is 86.6 Å². The average Bonchev–Trinajstić information content (AvgIpc) is 3.96. The number of aromatic nitrogens is 4. The van der Waals surface area contributed by atoms with Crippen molar-refractivity contribution in [1.29, 1.82) is 0 Å². The molecule has 4 heterocycles. The second-order valence-corrected chi connectivity index (χ2v) is 14.5. The average molecular weight is 733 g/mol. The van der Waals surface area contributed by atoms with Crippen LogP contribution >= 0.6 is 0 Å². The second-order valence-electron chi connectivity index (χ2n) is 14.5. The second kappa shape index (κ2) is 13.0. The van der Waals surface area contributed by atoms with E-state index in [0.717, 1.165) is 43.8 Å². The van der Waals surface area contributed by atoms with Crippen LogP contribution in [0.15, 0.2) is 118 Å². The summed E-state index contributed by atoms with van der Waals surface area (Å²) in [6.45, 7) is 0. The summed E-state index contributed by atoms with van der Waals surface area (Å²) in [5.74, 6) is 0.763. The molecule has 16 radical (unpaired) electrons. The van der Waals surface area contributed by atoms with Crippen LogP contribution in [-0.4, -0.2) is 82.3 Å². The van der Waals surface area contributed by atoms with E-state index >= 15 is 0 Å². The van der Waals surface area contributed by atoms with Gasteiger partial charge in [-0.15, -0.1) is 21.9 Å². The molecule has 7 aromatic carbocycles. The standard InChI is InChI=1S/C45H18B8N4O2/c46-31-29-30-32(47)34(49)36(51)38(53)40(30)57(39(29)37(52)35(50)33(31)48)45-55-43(19-8-2-1-3-9-19)54-44(56-45)26-14-7-13-25-23-17-16-20(18-28(23)59-42(25)26)21-11-6-12-24-22-10-4-5-15-27(22)58-41(21)24/h1-18H. The normalized spacial score (nSPS) is 11.9. The zero-order valence-corrected chi connectivity index (χ0v) is 31.1. The van der Waals surface area contributed by atoms with E-state index in [1.54, 1.807) is 4.57 Å². The fourth-order valence-electron chi connectivity index (χ4n) is 8.33. The van der Waals surface area contributed by atoms with Gasteiger partial charge in [0.05, 0.1) is 5.56 Å². The topological polar surface area (TPSA) is 69.9 Å². The monoisotopic (exact) mass is 734 g/mol. The first kappa shape index (κ1) is 35.6. The summed E-state index contributed by atoms with van der Waals surface area (Å²) < 4.78 is 14.7. The first-order chi connectivity index (χ1) is 28.6. The Hall–Kier alpha value is -6.53. The predicted molar refractivity (Wildman–Crippen MR) is 248 cm³/mol. The Labute approximate surface area is 348 Å². The Morgan fingerprint density at radius 2 is 0.915 bits per heavy atom. The zero-order chi connectivity index (χ0) is 40.4. The predicted octanol–water partition coefficient (Wildman–Crippen LogP) is 2.12.